The van der Waals surface area contributed by atoms with Crippen LogP contribution in [0.3, 0.4) is 0 Å². The van der Waals surface area contributed by atoms with Crippen LogP contribution in [0.15, 0.2) is 0 Å². The second-order valence-corrected chi connectivity index (χ2v) is 13.2. The molecule has 0 amide bonds. The number of piperidine rings is 1. The Morgan fingerprint density at radius 1 is 1.08 bits per heavy atom. The number of quaternary nitrogens is 1. The Balaban J connectivity index is 1.85. The van der Waals surface area contributed by atoms with Gasteiger partial charge in [0.15, 0.2) is 0 Å². The van der Waals surface area contributed by atoms with Gasteiger partial charge in [-0.1, -0.05) is 13.8 Å². The Kier molecular flexibility index (Phi) is 4.50. The summed E-state index contributed by atoms with van der Waals surface area (Å²) < 4.78 is 28.4. The smallest absolute Gasteiger partial charge is 0.215 e. The van der Waals surface area contributed by atoms with Gasteiger partial charge in [0, 0.05) is 37.8 Å². The van der Waals surface area contributed by atoms with Crippen molar-refractivity contribution in [1.29, 1.82) is 0 Å². The predicted molar refractivity (Wildman–Crippen MR) is 103 cm³/mol. The van der Waals surface area contributed by atoms with E-state index in [1.807, 2.05) is 0 Å². The van der Waals surface area contributed by atoms with E-state index in [0.29, 0.717) is 12.3 Å². The van der Waals surface area contributed by atoms with Crippen molar-refractivity contribution in [3.8, 4) is 0 Å². The van der Waals surface area contributed by atoms with Gasteiger partial charge in [0.25, 0.3) is 0 Å². The summed E-state index contributed by atoms with van der Waals surface area (Å²) in [5.74, 6) is 0.505. The van der Waals surface area contributed by atoms with E-state index >= 15 is 0 Å². The number of Topliss-reactive ketones (excluding diaryl/α,β-unsaturated/α-hetero) is 1. The minimum atomic E-state index is -3.49. The van der Waals surface area contributed by atoms with Crippen LogP contribution < -0.4 is 5.32 Å². The van der Waals surface area contributed by atoms with Crippen LogP contribution >= 0.6 is 0 Å². The Hall–Kier alpha value is -0.460. The van der Waals surface area contributed by atoms with E-state index in [0.717, 1.165) is 25.7 Å². The molecular formula is C20H37N2O3S+. The van der Waals surface area contributed by atoms with Crippen molar-refractivity contribution in [2.24, 2.45) is 16.7 Å². The van der Waals surface area contributed by atoms with Crippen LogP contribution in [0.25, 0.3) is 0 Å². The molecule has 0 unspecified atom stereocenters. The van der Waals surface area contributed by atoms with Crippen LogP contribution in [0.4, 0.5) is 0 Å². The van der Waals surface area contributed by atoms with Crippen molar-refractivity contribution in [3.05, 3.63) is 0 Å². The Bertz CT molecular complexity index is 695. The summed E-state index contributed by atoms with van der Waals surface area (Å²) in [5, 5.41) is 2.36. The molecule has 2 N–H and O–H groups in total. The normalized spacial score (nSPS) is 36.0. The van der Waals surface area contributed by atoms with Gasteiger partial charge in [-0.15, -0.1) is 0 Å². The number of hydrogen-bond acceptors (Lipinski definition) is 3. The van der Waals surface area contributed by atoms with Crippen molar-refractivity contribution < 1.29 is 18.5 Å². The molecule has 1 saturated heterocycles. The van der Waals surface area contributed by atoms with E-state index in [1.54, 1.807) is 11.4 Å². The molecule has 0 radical (unpaired) electrons. The molecule has 2 atom stereocenters. The van der Waals surface area contributed by atoms with Crippen LogP contribution in [-0.2, 0) is 14.8 Å². The third-order valence-corrected chi connectivity index (χ3v) is 9.86. The fraction of sp³-hybridized carbons (Fsp3) is 0.950. The molecule has 1 aliphatic heterocycles. The highest BCUT2D eigenvalue weighted by Gasteiger charge is 2.65. The zero-order valence-electron chi connectivity index (χ0n) is 17.6. The minimum Gasteiger partial charge on any atom is -0.337 e. The zero-order chi connectivity index (χ0) is 19.8. The number of sulfonamides is 1. The first-order valence-electron chi connectivity index (χ1n) is 9.98. The van der Waals surface area contributed by atoms with Gasteiger partial charge >= 0.3 is 0 Å². The lowest BCUT2D eigenvalue weighted by molar-refractivity contribution is -0.788. The number of rotatable bonds is 4. The highest BCUT2D eigenvalue weighted by atomic mass is 32.2. The van der Waals surface area contributed by atoms with E-state index < -0.39 is 15.4 Å². The molecule has 6 heteroatoms. The van der Waals surface area contributed by atoms with E-state index in [2.05, 4.69) is 46.9 Å². The molecule has 3 fully saturated rings. The second kappa shape index (κ2) is 5.77. The molecule has 5 nitrogen and oxygen atoms in total. The van der Waals surface area contributed by atoms with Gasteiger partial charge in [0.1, 0.15) is 5.78 Å². The maximum atomic E-state index is 13.4. The highest BCUT2D eigenvalue weighted by molar-refractivity contribution is 7.89. The molecule has 150 valence electrons. The fourth-order valence-electron chi connectivity index (χ4n) is 6.47. The van der Waals surface area contributed by atoms with Crippen LogP contribution in [0.5, 0.6) is 0 Å². The SMILES string of the molecule is CN(C1CC(C)(C)[NH2+]C(C)(C)C1)S(=O)(=O)C[C@]12CC[C@H](CC1=O)C2(C)C. The molecule has 0 spiro atoms. The first-order chi connectivity index (χ1) is 11.6. The minimum absolute atomic E-state index is 0.00931. The lowest BCUT2D eigenvalue weighted by Crippen LogP contribution is -3.06. The average molecular weight is 386 g/mol. The summed E-state index contributed by atoms with van der Waals surface area (Å²) in [6.07, 6.45) is 3.94. The zero-order valence-corrected chi connectivity index (χ0v) is 18.4. The maximum Gasteiger partial charge on any atom is 0.215 e. The van der Waals surface area contributed by atoms with Crippen molar-refractivity contribution in [2.75, 3.05) is 12.8 Å². The molecule has 26 heavy (non-hydrogen) atoms. The van der Waals surface area contributed by atoms with E-state index in [9.17, 15) is 13.2 Å². The Morgan fingerprint density at radius 3 is 2.04 bits per heavy atom. The fourth-order valence-corrected chi connectivity index (χ4v) is 8.58. The average Bonchev–Trinajstić information content (AvgIpc) is 2.76. The number of hydrogen-bond donors (Lipinski definition) is 1. The predicted octanol–water partition coefficient (Wildman–Crippen LogP) is 1.93. The number of carbonyl (C=O) groups is 1. The molecule has 2 aliphatic carbocycles. The third kappa shape index (κ3) is 3.06. The van der Waals surface area contributed by atoms with Gasteiger partial charge in [-0.05, 0) is 51.9 Å². The van der Waals surface area contributed by atoms with E-state index in [-0.39, 0.29) is 34.1 Å². The first-order valence-corrected chi connectivity index (χ1v) is 11.6. The van der Waals surface area contributed by atoms with Crippen LogP contribution in [0.2, 0.25) is 0 Å². The third-order valence-electron chi connectivity index (χ3n) is 7.83. The van der Waals surface area contributed by atoms with Gasteiger partial charge in [0.2, 0.25) is 10.0 Å². The van der Waals surface area contributed by atoms with Gasteiger partial charge in [-0.25, -0.2) is 12.7 Å². The number of ketones is 1. The van der Waals surface area contributed by atoms with E-state index in [4.69, 9.17) is 0 Å². The number of nitrogens with two attached hydrogens (primary N) is 1. The summed E-state index contributed by atoms with van der Waals surface area (Å²) in [4.78, 5) is 12.8. The van der Waals surface area contributed by atoms with Crippen molar-refractivity contribution in [1.82, 2.24) is 4.31 Å². The van der Waals surface area contributed by atoms with Crippen molar-refractivity contribution >= 4 is 15.8 Å². The van der Waals surface area contributed by atoms with E-state index in [1.165, 1.54) is 0 Å². The number of carbonyl (C=O) groups excluding carboxylic acids is 1. The number of fused-ring (bicyclic) bond motifs is 2. The topological polar surface area (TPSA) is 71.1 Å². The monoisotopic (exact) mass is 385 g/mol. The largest absolute Gasteiger partial charge is 0.337 e. The molecule has 2 saturated carbocycles. The molecule has 2 bridgehead atoms. The molecule has 0 aromatic carbocycles. The first kappa shape index (κ1) is 20.3. The van der Waals surface area contributed by atoms with Crippen molar-refractivity contribution in [2.45, 2.75) is 90.8 Å². The Morgan fingerprint density at radius 2 is 1.62 bits per heavy atom. The highest BCUT2D eigenvalue weighted by Crippen LogP contribution is 2.64. The maximum absolute atomic E-state index is 13.4. The number of nitrogens with zero attached hydrogens (tertiary/aromatic N) is 1. The molecule has 3 aliphatic rings. The standard InChI is InChI=1S/C20H36N2O3S/c1-17(2)11-15(12-18(3,4)21-17)22(7)26(24,25)13-20-9-8-14(10-16(20)23)19(20,5)6/h14-15,21H,8-13H2,1-7H3/p+1/t14-,20-/m1/s1. The summed E-state index contributed by atoms with van der Waals surface area (Å²) >= 11 is 0. The summed E-state index contributed by atoms with van der Waals surface area (Å²) in [6.45, 7) is 13.0. The van der Waals surface area contributed by atoms with Crippen LogP contribution in [0, 0.1) is 16.7 Å². The van der Waals surface area contributed by atoms with Crippen LogP contribution in [-0.4, -0.2) is 48.4 Å². The summed E-state index contributed by atoms with van der Waals surface area (Å²) in [6, 6.07) is -0.0109. The second-order valence-electron chi connectivity index (χ2n) is 11.1. The summed E-state index contributed by atoms with van der Waals surface area (Å²) in [7, 11) is -1.76. The van der Waals surface area contributed by atoms with Gasteiger partial charge < -0.3 is 5.32 Å². The molecule has 0 aromatic heterocycles. The lowest BCUT2D eigenvalue weighted by Gasteiger charge is -2.46. The molecule has 1 heterocycles. The van der Waals surface area contributed by atoms with Crippen LogP contribution in [0.1, 0.15) is 73.6 Å². The van der Waals surface area contributed by atoms with Crippen molar-refractivity contribution in [3.63, 3.8) is 0 Å². The van der Waals surface area contributed by atoms with Gasteiger partial charge in [-0.3, -0.25) is 4.79 Å². The van der Waals surface area contributed by atoms with Gasteiger partial charge in [-0.2, -0.15) is 0 Å². The Labute approximate surface area is 159 Å². The molecule has 3 rings (SSSR count). The quantitative estimate of drug-likeness (QED) is 0.804. The summed E-state index contributed by atoms with van der Waals surface area (Å²) in [5.41, 5.74) is -0.877. The molecular weight excluding hydrogens is 348 g/mol. The van der Waals surface area contributed by atoms with Gasteiger partial charge in [0.05, 0.1) is 16.8 Å². The molecule has 0 aromatic rings. The lowest BCUT2D eigenvalue weighted by atomic mass is 9.70.